The maximum atomic E-state index is 12.6. The smallest absolute Gasteiger partial charge is 0.387 e. The lowest BCUT2D eigenvalue weighted by atomic mass is 9.71. The minimum absolute atomic E-state index is 0.0560. The van der Waals surface area contributed by atoms with Crippen LogP contribution in [0.15, 0.2) is 42.5 Å². The van der Waals surface area contributed by atoms with Crippen LogP contribution in [0.5, 0.6) is 11.5 Å². The molecule has 0 amide bonds. The summed E-state index contributed by atoms with van der Waals surface area (Å²) in [4.78, 5) is 12.0. The van der Waals surface area contributed by atoms with Crippen molar-refractivity contribution in [3.63, 3.8) is 0 Å². The van der Waals surface area contributed by atoms with Gasteiger partial charge in [0, 0.05) is 10.4 Å². The predicted octanol–water partition coefficient (Wildman–Crippen LogP) is 5.76. The van der Waals surface area contributed by atoms with Crippen LogP contribution in [0, 0.1) is 5.92 Å². The fourth-order valence-corrected chi connectivity index (χ4v) is 3.15. The number of halogens is 5. The minimum atomic E-state index is -3.26. The molecule has 1 N–H and O–H groups in total. The third-order valence-corrected chi connectivity index (χ3v) is 4.89. The third-order valence-electron chi connectivity index (χ3n) is 4.64. The number of carboxylic acids is 1. The molecule has 1 atom stereocenters. The third kappa shape index (κ3) is 6.00. The van der Waals surface area contributed by atoms with Gasteiger partial charge in [0.15, 0.2) is 11.5 Å². The highest BCUT2D eigenvalue weighted by atomic mass is 35.5. The molecule has 4 nitrogen and oxygen atoms in total. The zero-order chi connectivity index (χ0) is 21.8. The second kappa shape index (κ2) is 9.35. The molecular formula is C20H19ClF4O4. The van der Waals surface area contributed by atoms with Crippen molar-refractivity contribution in [1.29, 1.82) is 0 Å². The van der Waals surface area contributed by atoms with E-state index in [4.69, 9.17) is 11.6 Å². The average Bonchev–Trinajstić information content (AvgIpc) is 2.60. The summed E-state index contributed by atoms with van der Waals surface area (Å²) in [6.07, 6.45) is -0.0560. The van der Waals surface area contributed by atoms with E-state index in [1.807, 2.05) is 0 Å². The predicted molar refractivity (Wildman–Crippen MR) is 99.0 cm³/mol. The van der Waals surface area contributed by atoms with Crippen molar-refractivity contribution >= 4 is 17.6 Å². The molecule has 2 aromatic carbocycles. The molecule has 0 saturated carbocycles. The lowest BCUT2D eigenvalue weighted by Gasteiger charge is -2.32. The number of alkyl halides is 4. The Kier molecular flexibility index (Phi) is 7.35. The molecule has 0 aliphatic carbocycles. The first-order valence-corrected chi connectivity index (χ1v) is 8.90. The Balaban J connectivity index is 2.36. The van der Waals surface area contributed by atoms with Gasteiger partial charge in [-0.3, -0.25) is 4.79 Å². The van der Waals surface area contributed by atoms with Gasteiger partial charge in [0.1, 0.15) is 0 Å². The standard InChI is InChI=1S/C20H19ClF4O4/c1-20(2,12-4-6-13(21)7-5-12)14(17(26)27)9-11-3-8-15(28-18(22)23)16(10-11)29-19(24)25/h3-8,10,14,18-19H,9H2,1-2H3,(H,26,27). The quantitative estimate of drug-likeness (QED) is 0.509. The van der Waals surface area contributed by atoms with E-state index in [2.05, 4.69) is 9.47 Å². The van der Waals surface area contributed by atoms with Crippen LogP contribution >= 0.6 is 11.6 Å². The van der Waals surface area contributed by atoms with Crippen molar-refractivity contribution in [3.05, 3.63) is 58.6 Å². The SMILES string of the molecule is CC(C)(c1ccc(Cl)cc1)C(Cc1ccc(OC(F)F)c(OC(F)F)c1)C(=O)O. The second-order valence-corrected chi connectivity index (χ2v) is 7.30. The van der Waals surface area contributed by atoms with Crippen LogP contribution < -0.4 is 9.47 Å². The van der Waals surface area contributed by atoms with Gasteiger partial charge in [0.2, 0.25) is 0 Å². The highest BCUT2D eigenvalue weighted by Crippen LogP contribution is 2.37. The van der Waals surface area contributed by atoms with Gasteiger partial charge in [0.25, 0.3) is 0 Å². The summed E-state index contributed by atoms with van der Waals surface area (Å²) in [5.41, 5.74) is 0.186. The molecule has 0 aliphatic rings. The molecule has 0 fully saturated rings. The lowest BCUT2D eigenvalue weighted by molar-refractivity contribution is -0.144. The largest absolute Gasteiger partial charge is 0.481 e. The van der Waals surface area contributed by atoms with Crippen LogP contribution in [0.2, 0.25) is 5.02 Å². The van der Waals surface area contributed by atoms with E-state index in [1.54, 1.807) is 38.1 Å². The molecular weight excluding hydrogens is 416 g/mol. The molecule has 0 aliphatic heterocycles. The van der Waals surface area contributed by atoms with E-state index >= 15 is 0 Å². The Labute approximate surface area is 170 Å². The summed E-state index contributed by atoms with van der Waals surface area (Å²) in [6.45, 7) is -3.01. The molecule has 2 aromatic rings. The average molecular weight is 435 g/mol. The molecule has 0 radical (unpaired) electrons. The van der Waals surface area contributed by atoms with Gasteiger partial charge in [-0.25, -0.2) is 0 Å². The van der Waals surface area contributed by atoms with E-state index in [-0.39, 0.29) is 6.42 Å². The normalized spacial score (nSPS) is 12.9. The lowest BCUT2D eigenvalue weighted by Crippen LogP contribution is -2.36. The number of carbonyl (C=O) groups is 1. The van der Waals surface area contributed by atoms with Gasteiger partial charge in [0.05, 0.1) is 5.92 Å². The van der Waals surface area contributed by atoms with Crippen LogP contribution in [0.3, 0.4) is 0 Å². The van der Waals surface area contributed by atoms with Gasteiger partial charge in [-0.05, 0) is 41.8 Å². The second-order valence-electron chi connectivity index (χ2n) is 6.86. The number of hydrogen-bond donors (Lipinski definition) is 1. The van der Waals surface area contributed by atoms with Crippen LogP contribution in [-0.4, -0.2) is 24.3 Å². The summed E-state index contributed by atoms with van der Waals surface area (Å²) in [7, 11) is 0. The van der Waals surface area contributed by atoms with Gasteiger partial charge < -0.3 is 14.6 Å². The van der Waals surface area contributed by atoms with Crippen LogP contribution in [0.1, 0.15) is 25.0 Å². The summed E-state index contributed by atoms with van der Waals surface area (Å²) in [5.74, 6) is -3.21. The fourth-order valence-electron chi connectivity index (χ4n) is 3.03. The molecule has 2 rings (SSSR count). The zero-order valence-electron chi connectivity index (χ0n) is 15.5. The molecule has 1 unspecified atom stereocenters. The molecule has 0 bridgehead atoms. The molecule has 158 valence electrons. The Morgan fingerprint density at radius 1 is 1.00 bits per heavy atom. The minimum Gasteiger partial charge on any atom is -0.481 e. The van der Waals surface area contributed by atoms with Crippen LogP contribution in [0.4, 0.5) is 17.6 Å². The number of ether oxygens (including phenoxy) is 2. The highest BCUT2D eigenvalue weighted by molar-refractivity contribution is 6.30. The molecule has 0 aromatic heterocycles. The first-order valence-electron chi connectivity index (χ1n) is 8.52. The van der Waals surface area contributed by atoms with E-state index in [0.29, 0.717) is 10.6 Å². The Morgan fingerprint density at radius 2 is 1.55 bits per heavy atom. The van der Waals surface area contributed by atoms with Crippen molar-refractivity contribution in [3.8, 4) is 11.5 Å². The van der Waals surface area contributed by atoms with E-state index < -0.39 is 42.0 Å². The van der Waals surface area contributed by atoms with Crippen LogP contribution in [-0.2, 0) is 16.6 Å². The van der Waals surface area contributed by atoms with Crippen molar-refractivity contribution in [2.24, 2.45) is 5.92 Å². The maximum Gasteiger partial charge on any atom is 0.387 e. The summed E-state index contributed by atoms with van der Waals surface area (Å²) < 4.78 is 58.7. The van der Waals surface area contributed by atoms with Gasteiger partial charge in [-0.15, -0.1) is 0 Å². The van der Waals surface area contributed by atoms with E-state index in [9.17, 15) is 27.5 Å². The first-order chi connectivity index (χ1) is 13.5. The number of hydrogen-bond acceptors (Lipinski definition) is 3. The number of rotatable bonds is 9. The maximum absolute atomic E-state index is 12.6. The Hall–Kier alpha value is -2.48. The van der Waals surface area contributed by atoms with E-state index in [1.165, 1.54) is 6.07 Å². The van der Waals surface area contributed by atoms with Crippen molar-refractivity contribution in [1.82, 2.24) is 0 Å². The highest BCUT2D eigenvalue weighted by Gasteiger charge is 2.37. The van der Waals surface area contributed by atoms with Gasteiger partial charge >= 0.3 is 19.2 Å². The van der Waals surface area contributed by atoms with Crippen LogP contribution in [0.25, 0.3) is 0 Å². The summed E-state index contributed by atoms with van der Waals surface area (Å²) in [6, 6.07) is 10.2. The Bertz CT molecular complexity index is 841. The topological polar surface area (TPSA) is 55.8 Å². The first kappa shape index (κ1) is 22.8. The zero-order valence-corrected chi connectivity index (χ0v) is 16.3. The van der Waals surface area contributed by atoms with Gasteiger partial charge in [-0.2, -0.15) is 17.6 Å². The molecule has 0 saturated heterocycles. The monoisotopic (exact) mass is 434 g/mol. The number of benzene rings is 2. The molecule has 9 heteroatoms. The summed E-state index contributed by atoms with van der Waals surface area (Å²) in [5, 5.41) is 10.3. The molecule has 29 heavy (non-hydrogen) atoms. The van der Waals surface area contributed by atoms with Gasteiger partial charge in [-0.1, -0.05) is 43.6 Å². The van der Waals surface area contributed by atoms with Crippen molar-refractivity contribution in [2.75, 3.05) is 0 Å². The molecule has 0 spiro atoms. The van der Waals surface area contributed by atoms with Crippen molar-refractivity contribution < 1.29 is 36.9 Å². The number of aliphatic carboxylic acids is 1. The fraction of sp³-hybridized carbons (Fsp3) is 0.350. The molecule has 0 heterocycles. The number of carboxylic acid groups (broad SMARTS) is 1. The Morgan fingerprint density at radius 3 is 2.07 bits per heavy atom. The van der Waals surface area contributed by atoms with Crippen molar-refractivity contribution in [2.45, 2.75) is 38.9 Å². The summed E-state index contributed by atoms with van der Waals surface area (Å²) >= 11 is 5.89. The van der Waals surface area contributed by atoms with E-state index in [0.717, 1.165) is 17.7 Å².